The van der Waals surface area contributed by atoms with Crippen molar-refractivity contribution in [1.82, 2.24) is 0 Å². The maximum Gasteiger partial charge on any atom is 0.118 e. The third-order valence-electron chi connectivity index (χ3n) is 6.32. The first-order chi connectivity index (χ1) is 17.6. The molecular weight excluding hydrogens is 486 g/mol. The smallest absolute Gasteiger partial charge is 0.118 e. The van der Waals surface area contributed by atoms with Crippen LogP contribution in [0.5, 0.6) is 11.5 Å². The Kier molecular flexibility index (Phi) is 9.23. The Morgan fingerprint density at radius 1 is 0.528 bits per heavy atom. The quantitative estimate of drug-likeness (QED) is 0.230. The fraction of sp³-hybridized carbons (Fsp3) is 0.200. The molecule has 4 aromatic carbocycles. The lowest BCUT2D eigenvalue weighted by Gasteiger charge is -2.12. The van der Waals surface area contributed by atoms with Gasteiger partial charge in [0.1, 0.15) is 27.1 Å². The molecule has 4 rings (SSSR count). The molecular formula is C30H32O4P2. The zero-order valence-corrected chi connectivity index (χ0v) is 22.7. The molecule has 0 N–H and O–H groups in total. The van der Waals surface area contributed by atoms with Gasteiger partial charge in [-0.05, 0) is 59.4 Å². The van der Waals surface area contributed by atoms with Crippen LogP contribution >= 0.6 is 15.6 Å². The monoisotopic (exact) mass is 518 g/mol. The Balaban J connectivity index is 1.43. The van der Waals surface area contributed by atoms with Crippen molar-refractivity contribution in [3.8, 4) is 11.5 Å². The Labute approximate surface area is 214 Å². The van der Waals surface area contributed by atoms with Gasteiger partial charge in [-0.2, -0.15) is 0 Å². The van der Waals surface area contributed by atoms with Gasteiger partial charge in [0.25, 0.3) is 0 Å². The number of hydrogen-bond donors (Lipinski definition) is 0. The van der Waals surface area contributed by atoms with Crippen LogP contribution in [0.1, 0.15) is 22.3 Å². The molecule has 0 saturated carbocycles. The van der Waals surface area contributed by atoms with Crippen LogP contribution in [0.25, 0.3) is 0 Å². The average molecular weight is 519 g/mol. The molecule has 6 heteroatoms. The minimum atomic E-state index is -2.07. The summed E-state index contributed by atoms with van der Waals surface area (Å²) in [4.78, 5) is 0. The van der Waals surface area contributed by atoms with E-state index < -0.39 is 15.6 Å². The summed E-state index contributed by atoms with van der Waals surface area (Å²) in [7, 11) is -0.840. The van der Waals surface area contributed by atoms with Crippen LogP contribution in [-0.4, -0.2) is 26.5 Å². The van der Waals surface area contributed by atoms with Crippen molar-refractivity contribution in [3.05, 3.63) is 119 Å². The maximum atomic E-state index is 13.4. The first-order valence-corrected chi connectivity index (χ1v) is 15.3. The Morgan fingerprint density at radius 3 is 1.25 bits per heavy atom. The van der Waals surface area contributed by atoms with Gasteiger partial charge in [0.05, 0.1) is 14.2 Å². The predicted molar refractivity (Wildman–Crippen MR) is 151 cm³/mol. The van der Waals surface area contributed by atoms with Gasteiger partial charge >= 0.3 is 0 Å². The van der Waals surface area contributed by atoms with Gasteiger partial charge in [-0.3, -0.25) is 0 Å². The maximum absolute atomic E-state index is 13.4. The van der Waals surface area contributed by atoms with Crippen LogP contribution in [0.15, 0.2) is 97.1 Å². The molecule has 2 atom stereocenters. The molecule has 0 heterocycles. The summed E-state index contributed by atoms with van der Waals surface area (Å²) in [6, 6.07) is 31.7. The summed E-state index contributed by atoms with van der Waals surface area (Å²) in [5.74, 6) is 1.64. The minimum Gasteiger partial charge on any atom is -0.497 e. The van der Waals surface area contributed by atoms with E-state index in [0.29, 0.717) is 25.2 Å². The molecule has 0 aliphatic carbocycles. The number of rotatable bonds is 11. The molecule has 2 unspecified atom stereocenters. The highest BCUT2D eigenvalue weighted by molar-refractivity contribution is 7.57. The third-order valence-corrected chi connectivity index (χ3v) is 10.4. The number of ether oxygens (including phenoxy) is 2. The highest BCUT2D eigenvalue weighted by atomic mass is 31.1. The molecule has 186 valence electrons. The van der Waals surface area contributed by atoms with Crippen LogP contribution in [0, 0.1) is 0 Å². The summed E-state index contributed by atoms with van der Waals surface area (Å²) in [5.41, 5.74) is 4.40. The summed E-state index contributed by atoms with van der Waals surface area (Å²) in [5, 5.41) is 1.78. The topological polar surface area (TPSA) is 52.6 Å². The van der Waals surface area contributed by atoms with Gasteiger partial charge in [-0.15, -0.1) is 0 Å². The van der Waals surface area contributed by atoms with Crippen molar-refractivity contribution in [1.29, 1.82) is 0 Å². The minimum absolute atomic E-state index is 0.443. The standard InChI is InChI=1S/C30H32O4P2/c1-33-27-15-11-23(12-16-27)21-25-7-3-5-9-29(25)35(31)19-20-36(32)30-10-6-4-8-26(30)22-24-13-17-28(34-2)18-14-24/h3-18,35-36H,19-22H2,1-2H3. The fourth-order valence-corrected chi connectivity index (χ4v) is 8.30. The van der Waals surface area contributed by atoms with Gasteiger partial charge in [0.15, 0.2) is 0 Å². The lowest BCUT2D eigenvalue weighted by molar-refractivity contribution is 0.414. The molecule has 0 bridgehead atoms. The molecule has 0 amide bonds. The van der Waals surface area contributed by atoms with E-state index in [1.165, 1.54) is 0 Å². The Hall–Kier alpha value is -3.06. The molecule has 0 saturated heterocycles. The van der Waals surface area contributed by atoms with E-state index in [1.807, 2.05) is 97.1 Å². The molecule has 36 heavy (non-hydrogen) atoms. The molecule has 0 spiro atoms. The molecule has 0 aliphatic rings. The van der Waals surface area contributed by atoms with Crippen molar-refractivity contribution < 1.29 is 18.6 Å². The summed E-state index contributed by atoms with van der Waals surface area (Å²) >= 11 is 0. The van der Waals surface area contributed by atoms with E-state index in [2.05, 4.69) is 0 Å². The van der Waals surface area contributed by atoms with E-state index in [9.17, 15) is 9.13 Å². The number of methoxy groups -OCH3 is 2. The first kappa shape index (κ1) is 26.0. The van der Waals surface area contributed by atoms with Crippen molar-refractivity contribution >= 4 is 26.2 Å². The number of hydrogen-bond acceptors (Lipinski definition) is 4. The Morgan fingerprint density at radius 2 is 0.889 bits per heavy atom. The van der Waals surface area contributed by atoms with Crippen LogP contribution < -0.4 is 20.1 Å². The highest BCUT2D eigenvalue weighted by Crippen LogP contribution is 2.31. The zero-order chi connectivity index (χ0) is 25.3. The fourth-order valence-electron chi connectivity index (χ4n) is 4.32. The van der Waals surface area contributed by atoms with Crippen molar-refractivity contribution in [2.45, 2.75) is 12.8 Å². The zero-order valence-electron chi connectivity index (χ0n) is 20.7. The van der Waals surface area contributed by atoms with Crippen LogP contribution in [-0.2, 0) is 22.0 Å². The average Bonchev–Trinajstić information content (AvgIpc) is 2.93. The van der Waals surface area contributed by atoms with E-state index >= 15 is 0 Å². The van der Waals surface area contributed by atoms with Crippen LogP contribution in [0.4, 0.5) is 0 Å². The van der Waals surface area contributed by atoms with Gasteiger partial charge in [0.2, 0.25) is 0 Å². The van der Waals surface area contributed by atoms with Gasteiger partial charge in [-0.1, -0.05) is 72.8 Å². The van der Waals surface area contributed by atoms with E-state index in [-0.39, 0.29) is 0 Å². The van der Waals surface area contributed by atoms with E-state index in [1.54, 1.807) is 14.2 Å². The molecule has 4 aromatic rings. The largest absolute Gasteiger partial charge is 0.497 e. The first-order valence-electron chi connectivity index (χ1n) is 12.1. The second kappa shape index (κ2) is 12.8. The van der Waals surface area contributed by atoms with Crippen molar-refractivity contribution in [2.75, 3.05) is 26.5 Å². The van der Waals surface area contributed by atoms with Gasteiger partial charge < -0.3 is 18.6 Å². The second-order valence-electron chi connectivity index (χ2n) is 8.71. The van der Waals surface area contributed by atoms with Crippen LogP contribution in [0.2, 0.25) is 0 Å². The predicted octanol–water partition coefficient (Wildman–Crippen LogP) is 5.96. The number of benzene rings is 4. The van der Waals surface area contributed by atoms with E-state index in [0.717, 1.165) is 44.4 Å². The summed E-state index contributed by atoms with van der Waals surface area (Å²) < 4.78 is 37.2. The SMILES string of the molecule is COc1ccc(Cc2ccccc2[PH](=O)CC[PH](=O)c2ccccc2Cc2ccc(OC)cc2)cc1. The molecule has 0 aliphatic heterocycles. The van der Waals surface area contributed by atoms with Gasteiger partial charge in [0, 0.05) is 22.9 Å². The normalized spacial score (nSPS) is 12.6. The van der Waals surface area contributed by atoms with Crippen LogP contribution in [0.3, 0.4) is 0 Å². The Bertz CT molecular complexity index is 1230. The lowest BCUT2D eigenvalue weighted by atomic mass is 10.1. The molecule has 4 nitrogen and oxygen atoms in total. The molecule has 0 radical (unpaired) electrons. The lowest BCUT2D eigenvalue weighted by Crippen LogP contribution is -2.11. The highest BCUT2D eigenvalue weighted by Gasteiger charge is 2.15. The van der Waals surface area contributed by atoms with Crippen molar-refractivity contribution in [3.63, 3.8) is 0 Å². The van der Waals surface area contributed by atoms with Crippen molar-refractivity contribution in [2.24, 2.45) is 0 Å². The second-order valence-corrected chi connectivity index (χ2v) is 12.5. The molecule has 0 aromatic heterocycles. The van der Waals surface area contributed by atoms with Gasteiger partial charge in [-0.25, -0.2) is 0 Å². The summed E-state index contributed by atoms with van der Waals surface area (Å²) in [6.45, 7) is 0. The summed E-state index contributed by atoms with van der Waals surface area (Å²) in [6.07, 6.45) is 2.30. The molecule has 0 fully saturated rings. The van der Waals surface area contributed by atoms with E-state index in [4.69, 9.17) is 9.47 Å². The third kappa shape index (κ3) is 6.78.